The predicted octanol–water partition coefficient (Wildman–Crippen LogP) is 4.49. The van der Waals surface area contributed by atoms with Gasteiger partial charge < -0.3 is 5.32 Å². The molecule has 1 aliphatic rings. The first-order valence-corrected chi connectivity index (χ1v) is 10.0. The summed E-state index contributed by atoms with van der Waals surface area (Å²) >= 11 is 2.49. The summed E-state index contributed by atoms with van der Waals surface area (Å²) in [6.45, 7) is 2.66. The van der Waals surface area contributed by atoms with E-state index in [4.69, 9.17) is 4.84 Å². The highest BCUT2D eigenvalue weighted by Gasteiger charge is 2.37. The molecule has 2 aromatic rings. The van der Waals surface area contributed by atoms with Crippen molar-refractivity contribution in [3.8, 4) is 0 Å². The number of para-hydroxylation sites is 1. The van der Waals surface area contributed by atoms with Gasteiger partial charge in [0.1, 0.15) is 0 Å². The molecule has 2 N–H and O–H groups in total. The SMILES string of the molecule is CC(ONC(=O)c1ccccc1NCc1ccncc1)C1(I)CCCC1. The van der Waals surface area contributed by atoms with Crippen molar-refractivity contribution < 1.29 is 9.63 Å². The van der Waals surface area contributed by atoms with Crippen LogP contribution in [0.2, 0.25) is 0 Å². The molecule has 0 saturated heterocycles. The van der Waals surface area contributed by atoms with E-state index >= 15 is 0 Å². The van der Waals surface area contributed by atoms with Gasteiger partial charge in [-0.2, -0.15) is 0 Å². The first-order chi connectivity index (χ1) is 12.6. The summed E-state index contributed by atoms with van der Waals surface area (Å²) in [5.41, 5.74) is 5.10. The number of anilines is 1. The van der Waals surface area contributed by atoms with Crippen molar-refractivity contribution in [1.29, 1.82) is 0 Å². The Morgan fingerprint density at radius 2 is 1.92 bits per heavy atom. The number of carbonyl (C=O) groups excluding carboxylic acids is 1. The van der Waals surface area contributed by atoms with Gasteiger partial charge in [-0.1, -0.05) is 47.6 Å². The summed E-state index contributed by atoms with van der Waals surface area (Å²) in [6, 6.07) is 11.4. The summed E-state index contributed by atoms with van der Waals surface area (Å²) < 4.78 is 0.115. The van der Waals surface area contributed by atoms with E-state index in [0.29, 0.717) is 12.1 Å². The van der Waals surface area contributed by atoms with Crippen molar-refractivity contribution in [2.24, 2.45) is 0 Å². The zero-order chi connectivity index (χ0) is 18.4. The Morgan fingerprint density at radius 1 is 1.23 bits per heavy atom. The molecule has 1 aromatic carbocycles. The Kier molecular flexibility index (Phi) is 6.48. The highest BCUT2D eigenvalue weighted by Crippen LogP contribution is 2.41. The summed E-state index contributed by atoms with van der Waals surface area (Å²) in [4.78, 5) is 22.3. The van der Waals surface area contributed by atoms with E-state index in [1.165, 1.54) is 12.8 Å². The van der Waals surface area contributed by atoms with E-state index in [1.807, 2.05) is 37.3 Å². The predicted molar refractivity (Wildman–Crippen MR) is 111 cm³/mol. The molecule has 3 rings (SSSR count). The molecular weight excluding hydrogens is 441 g/mol. The lowest BCUT2D eigenvalue weighted by atomic mass is 10.0. The Balaban J connectivity index is 1.60. The monoisotopic (exact) mass is 465 g/mol. The lowest BCUT2D eigenvalue weighted by Gasteiger charge is -2.28. The Labute approximate surface area is 168 Å². The number of hydrogen-bond acceptors (Lipinski definition) is 4. The number of nitrogens with one attached hydrogen (secondary N) is 2. The number of nitrogens with zero attached hydrogens (tertiary/aromatic N) is 1. The molecule has 26 heavy (non-hydrogen) atoms. The van der Waals surface area contributed by atoms with Gasteiger partial charge in [0.2, 0.25) is 0 Å². The van der Waals surface area contributed by atoms with Gasteiger partial charge in [0, 0.05) is 24.6 Å². The fraction of sp³-hybridized carbons (Fsp3) is 0.400. The molecule has 1 atom stereocenters. The fourth-order valence-electron chi connectivity index (χ4n) is 3.20. The van der Waals surface area contributed by atoms with Crippen LogP contribution < -0.4 is 10.8 Å². The number of alkyl halides is 1. The van der Waals surface area contributed by atoms with Crippen LogP contribution in [0.25, 0.3) is 0 Å². The molecule has 0 aliphatic heterocycles. The summed E-state index contributed by atoms with van der Waals surface area (Å²) in [7, 11) is 0. The third kappa shape index (κ3) is 4.73. The number of benzene rings is 1. The van der Waals surface area contributed by atoms with E-state index in [-0.39, 0.29) is 15.4 Å². The van der Waals surface area contributed by atoms with Crippen molar-refractivity contribution >= 4 is 34.2 Å². The quantitative estimate of drug-likeness (QED) is 0.360. The van der Waals surface area contributed by atoms with Crippen LogP contribution in [-0.2, 0) is 11.4 Å². The molecule has 138 valence electrons. The summed E-state index contributed by atoms with van der Waals surface area (Å²) in [6.07, 6.45) is 8.22. The number of aromatic nitrogens is 1. The second kappa shape index (κ2) is 8.81. The van der Waals surface area contributed by atoms with E-state index in [9.17, 15) is 4.79 Å². The molecule has 6 heteroatoms. The third-order valence-electron chi connectivity index (χ3n) is 4.90. The lowest BCUT2D eigenvalue weighted by molar-refractivity contribution is -0.0210. The van der Waals surface area contributed by atoms with Crippen LogP contribution in [0, 0.1) is 0 Å². The van der Waals surface area contributed by atoms with E-state index < -0.39 is 0 Å². The Bertz CT molecular complexity index is 733. The molecule has 0 bridgehead atoms. The minimum absolute atomic E-state index is 0.0218. The maximum Gasteiger partial charge on any atom is 0.276 e. The Morgan fingerprint density at radius 3 is 2.65 bits per heavy atom. The number of pyridine rings is 1. The van der Waals surface area contributed by atoms with Crippen LogP contribution in [0.3, 0.4) is 0 Å². The van der Waals surface area contributed by atoms with Crippen LogP contribution >= 0.6 is 22.6 Å². The topological polar surface area (TPSA) is 63.2 Å². The minimum atomic E-state index is -0.229. The van der Waals surface area contributed by atoms with Crippen molar-refractivity contribution in [3.63, 3.8) is 0 Å². The lowest BCUT2D eigenvalue weighted by Crippen LogP contribution is -2.39. The van der Waals surface area contributed by atoms with Crippen LogP contribution in [0.15, 0.2) is 48.8 Å². The molecule has 5 nitrogen and oxygen atoms in total. The molecule has 1 aliphatic carbocycles. The fourth-order valence-corrected chi connectivity index (χ4v) is 4.09. The maximum absolute atomic E-state index is 12.6. The Hall–Kier alpha value is -1.67. The molecule has 1 unspecified atom stereocenters. The normalized spacial score (nSPS) is 16.8. The first kappa shape index (κ1) is 19.1. The van der Waals surface area contributed by atoms with Gasteiger partial charge in [-0.25, -0.2) is 5.48 Å². The summed E-state index contributed by atoms with van der Waals surface area (Å²) in [5, 5.41) is 3.32. The van der Waals surface area contributed by atoms with Crippen molar-refractivity contribution in [1.82, 2.24) is 10.5 Å². The van der Waals surface area contributed by atoms with Crippen LogP contribution in [0.1, 0.15) is 48.5 Å². The number of hydroxylamine groups is 1. The average molecular weight is 465 g/mol. The van der Waals surface area contributed by atoms with Crippen molar-refractivity contribution in [2.75, 3.05) is 5.32 Å². The molecule has 0 radical (unpaired) electrons. The van der Waals surface area contributed by atoms with Crippen LogP contribution in [0.4, 0.5) is 5.69 Å². The second-order valence-electron chi connectivity index (χ2n) is 6.69. The second-order valence-corrected chi connectivity index (χ2v) is 8.84. The van der Waals surface area contributed by atoms with Gasteiger partial charge in [-0.3, -0.25) is 14.6 Å². The zero-order valence-corrected chi connectivity index (χ0v) is 17.0. The van der Waals surface area contributed by atoms with Crippen molar-refractivity contribution in [2.45, 2.75) is 48.7 Å². The van der Waals surface area contributed by atoms with E-state index in [2.05, 4.69) is 38.4 Å². The minimum Gasteiger partial charge on any atom is -0.380 e. The molecule has 1 fully saturated rings. The van der Waals surface area contributed by atoms with Gasteiger partial charge >= 0.3 is 0 Å². The molecule has 0 spiro atoms. The first-order valence-electron chi connectivity index (χ1n) is 8.95. The van der Waals surface area contributed by atoms with Crippen LogP contribution in [-0.4, -0.2) is 20.4 Å². The zero-order valence-electron chi connectivity index (χ0n) is 14.9. The molecule has 1 aromatic heterocycles. The molecule has 1 heterocycles. The van der Waals surface area contributed by atoms with Gasteiger partial charge in [0.15, 0.2) is 0 Å². The average Bonchev–Trinajstić information content (AvgIpc) is 3.13. The van der Waals surface area contributed by atoms with Gasteiger partial charge in [-0.15, -0.1) is 0 Å². The number of rotatable bonds is 7. The van der Waals surface area contributed by atoms with Crippen molar-refractivity contribution in [3.05, 3.63) is 59.9 Å². The number of halogens is 1. The number of amides is 1. The summed E-state index contributed by atoms with van der Waals surface area (Å²) in [5.74, 6) is -0.229. The van der Waals surface area contributed by atoms with E-state index in [0.717, 1.165) is 24.1 Å². The molecular formula is C20H24IN3O2. The smallest absolute Gasteiger partial charge is 0.276 e. The number of hydrogen-bond donors (Lipinski definition) is 2. The molecule has 1 amide bonds. The van der Waals surface area contributed by atoms with Gasteiger partial charge in [0.25, 0.3) is 5.91 Å². The highest BCUT2D eigenvalue weighted by molar-refractivity contribution is 14.1. The van der Waals surface area contributed by atoms with Gasteiger partial charge in [0.05, 0.1) is 15.1 Å². The highest BCUT2D eigenvalue weighted by atomic mass is 127. The third-order valence-corrected chi connectivity index (χ3v) is 6.85. The van der Waals surface area contributed by atoms with Crippen LogP contribution in [0.5, 0.6) is 0 Å². The maximum atomic E-state index is 12.6. The largest absolute Gasteiger partial charge is 0.380 e. The van der Waals surface area contributed by atoms with E-state index in [1.54, 1.807) is 18.5 Å². The van der Waals surface area contributed by atoms with Gasteiger partial charge in [-0.05, 0) is 49.6 Å². The molecule has 1 saturated carbocycles. The number of carbonyl (C=O) groups is 1. The standard InChI is InChI=1S/C20H24IN3O2/c1-15(20(21)10-4-5-11-20)26-24-19(25)17-6-2-3-7-18(17)23-14-16-8-12-22-13-9-16/h2-3,6-9,12-13,15,23H,4-5,10-11,14H2,1H3,(H,24,25).